The molecular weight excluding hydrogens is 235 g/mol. The predicted octanol–water partition coefficient (Wildman–Crippen LogP) is 3.16. The van der Waals surface area contributed by atoms with E-state index in [-0.39, 0.29) is 11.9 Å². The molecule has 0 aliphatic carbocycles. The number of pyridine rings is 1. The second kappa shape index (κ2) is 5.36. The number of hydrogen-bond acceptors (Lipinski definition) is 3. The van der Waals surface area contributed by atoms with Crippen molar-refractivity contribution in [1.29, 1.82) is 0 Å². The van der Waals surface area contributed by atoms with E-state index in [1.165, 1.54) is 24.8 Å². The highest BCUT2D eigenvalue weighted by atomic mass is 32.2. The van der Waals surface area contributed by atoms with Crippen molar-refractivity contribution in [3.63, 3.8) is 0 Å². The largest absolute Gasteiger partial charge is 0.309 e. The molecule has 1 fully saturated rings. The van der Waals surface area contributed by atoms with E-state index in [9.17, 15) is 4.39 Å². The molecule has 1 aliphatic rings. The molecule has 2 atom stereocenters. The Balaban J connectivity index is 1.91. The smallest absolute Gasteiger partial charge is 0.141 e. The van der Waals surface area contributed by atoms with Crippen molar-refractivity contribution in [2.24, 2.45) is 0 Å². The summed E-state index contributed by atoms with van der Waals surface area (Å²) in [7, 11) is 0. The van der Waals surface area contributed by atoms with Crippen LogP contribution in [0, 0.1) is 5.82 Å². The van der Waals surface area contributed by atoms with Gasteiger partial charge in [0.1, 0.15) is 5.82 Å². The van der Waals surface area contributed by atoms with Gasteiger partial charge in [-0.25, -0.2) is 4.39 Å². The highest BCUT2D eigenvalue weighted by Crippen LogP contribution is 2.37. The van der Waals surface area contributed by atoms with E-state index in [1.54, 1.807) is 12.3 Å². The molecule has 1 aromatic rings. The molecule has 0 bridgehead atoms. The minimum Gasteiger partial charge on any atom is -0.309 e. The maximum Gasteiger partial charge on any atom is 0.141 e. The first-order valence-corrected chi connectivity index (χ1v) is 7.05. The summed E-state index contributed by atoms with van der Waals surface area (Å²) in [6, 6.07) is 1.70. The molecule has 0 spiro atoms. The lowest BCUT2D eigenvalue weighted by Crippen LogP contribution is -2.34. The minimum atomic E-state index is -0.266. The van der Waals surface area contributed by atoms with Crippen molar-refractivity contribution < 1.29 is 4.39 Å². The topological polar surface area (TPSA) is 24.9 Å². The van der Waals surface area contributed by atoms with Gasteiger partial charge < -0.3 is 5.32 Å². The summed E-state index contributed by atoms with van der Waals surface area (Å²) in [6.45, 7) is 5.32. The highest BCUT2D eigenvalue weighted by molar-refractivity contribution is 8.00. The first kappa shape index (κ1) is 12.8. The van der Waals surface area contributed by atoms with Gasteiger partial charge in [0.25, 0.3) is 0 Å². The Morgan fingerprint density at radius 2 is 2.41 bits per heavy atom. The van der Waals surface area contributed by atoms with E-state index >= 15 is 0 Å². The molecule has 2 heterocycles. The number of aromatic nitrogens is 1. The Morgan fingerprint density at radius 3 is 3.06 bits per heavy atom. The van der Waals surface area contributed by atoms with E-state index < -0.39 is 0 Å². The van der Waals surface area contributed by atoms with Crippen LogP contribution in [-0.2, 0) is 0 Å². The molecule has 0 radical (unpaired) electrons. The number of halogens is 1. The second-order valence-electron chi connectivity index (χ2n) is 4.94. The average molecular weight is 254 g/mol. The number of hydrogen-bond donors (Lipinski definition) is 1. The molecule has 1 saturated heterocycles. The van der Waals surface area contributed by atoms with Crippen LogP contribution in [0.3, 0.4) is 0 Å². The van der Waals surface area contributed by atoms with Gasteiger partial charge in [-0.2, -0.15) is 11.8 Å². The van der Waals surface area contributed by atoms with Gasteiger partial charge in [-0.1, -0.05) is 0 Å². The monoisotopic (exact) mass is 254 g/mol. The van der Waals surface area contributed by atoms with Gasteiger partial charge in [0, 0.05) is 23.5 Å². The molecule has 1 aromatic heterocycles. The fourth-order valence-electron chi connectivity index (χ4n) is 2.13. The maximum absolute atomic E-state index is 13.0. The molecule has 1 aliphatic heterocycles. The predicted molar refractivity (Wildman–Crippen MR) is 70.7 cm³/mol. The fourth-order valence-corrected chi connectivity index (χ4v) is 3.38. The van der Waals surface area contributed by atoms with Crippen LogP contribution in [0.25, 0.3) is 0 Å². The summed E-state index contributed by atoms with van der Waals surface area (Å²) in [5.41, 5.74) is 0.914. The normalized spacial score (nSPS) is 26.1. The van der Waals surface area contributed by atoms with E-state index in [0.29, 0.717) is 4.75 Å². The van der Waals surface area contributed by atoms with Crippen LogP contribution in [0.5, 0.6) is 0 Å². The first-order chi connectivity index (χ1) is 8.09. The van der Waals surface area contributed by atoms with Crippen molar-refractivity contribution in [2.45, 2.75) is 37.5 Å². The molecule has 2 unspecified atom stereocenters. The van der Waals surface area contributed by atoms with Crippen LogP contribution in [-0.4, -0.2) is 22.0 Å². The Hall–Kier alpha value is -0.610. The zero-order valence-electron chi connectivity index (χ0n) is 10.4. The van der Waals surface area contributed by atoms with Crippen LogP contribution in [0.4, 0.5) is 4.39 Å². The first-order valence-electron chi connectivity index (χ1n) is 6.07. The van der Waals surface area contributed by atoms with Gasteiger partial charge in [-0.05, 0) is 44.1 Å². The summed E-state index contributed by atoms with van der Waals surface area (Å²) < 4.78 is 13.4. The third kappa shape index (κ3) is 3.42. The molecule has 17 heavy (non-hydrogen) atoms. The zero-order chi connectivity index (χ0) is 12.3. The fraction of sp³-hybridized carbons (Fsp3) is 0.615. The SMILES string of the molecule is CC(NCC1(C)CCCS1)c1cncc(F)c1. The van der Waals surface area contributed by atoms with E-state index in [0.717, 1.165) is 12.1 Å². The summed E-state index contributed by atoms with van der Waals surface area (Å²) in [5.74, 6) is 0.992. The van der Waals surface area contributed by atoms with Crippen molar-refractivity contribution in [1.82, 2.24) is 10.3 Å². The van der Waals surface area contributed by atoms with Gasteiger partial charge >= 0.3 is 0 Å². The summed E-state index contributed by atoms with van der Waals surface area (Å²) in [5, 5.41) is 3.48. The van der Waals surface area contributed by atoms with Crippen molar-refractivity contribution in [3.8, 4) is 0 Å². The van der Waals surface area contributed by atoms with E-state index in [4.69, 9.17) is 0 Å². The molecule has 0 amide bonds. The molecular formula is C13H19FN2S. The van der Waals surface area contributed by atoms with Crippen LogP contribution >= 0.6 is 11.8 Å². The van der Waals surface area contributed by atoms with Crippen molar-refractivity contribution >= 4 is 11.8 Å². The zero-order valence-corrected chi connectivity index (χ0v) is 11.2. The van der Waals surface area contributed by atoms with Crippen LogP contribution < -0.4 is 5.32 Å². The summed E-state index contributed by atoms with van der Waals surface area (Å²) in [6.07, 6.45) is 5.53. The standard InChI is InChI=1S/C13H19FN2S/c1-10(11-6-12(14)8-15-7-11)16-9-13(2)4-3-5-17-13/h6-8,10,16H,3-5,9H2,1-2H3. The Bertz CT molecular complexity index is 377. The van der Waals surface area contributed by atoms with Crippen LogP contribution in [0.2, 0.25) is 0 Å². The Labute approximate surface area is 106 Å². The summed E-state index contributed by atoms with van der Waals surface area (Å²) in [4.78, 5) is 3.88. The highest BCUT2D eigenvalue weighted by Gasteiger charge is 2.29. The third-order valence-corrected chi connectivity index (χ3v) is 4.85. The minimum absolute atomic E-state index is 0.149. The lowest BCUT2D eigenvalue weighted by Gasteiger charge is -2.25. The van der Waals surface area contributed by atoms with E-state index in [2.05, 4.69) is 24.1 Å². The van der Waals surface area contributed by atoms with Gasteiger partial charge in [0.15, 0.2) is 0 Å². The molecule has 1 N–H and O–H groups in total. The van der Waals surface area contributed by atoms with Crippen LogP contribution in [0.1, 0.15) is 38.3 Å². The maximum atomic E-state index is 13.0. The van der Waals surface area contributed by atoms with E-state index in [1.807, 2.05) is 11.8 Å². The average Bonchev–Trinajstić information content (AvgIpc) is 2.74. The molecule has 0 aromatic carbocycles. The Morgan fingerprint density at radius 1 is 1.59 bits per heavy atom. The third-order valence-electron chi connectivity index (χ3n) is 3.31. The quantitative estimate of drug-likeness (QED) is 0.893. The molecule has 0 saturated carbocycles. The van der Waals surface area contributed by atoms with Crippen molar-refractivity contribution in [3.05, 3.63) is 29.8 Å². The number of thioether (sulfide) groups is 1. The lowest BCUT2D eigenvalue weighted by molar-refractivity contribution is 0.487. The molecule has 2 rings (SSSR count). The number of rotatable bonds is 4. The van der Waals surface area contributed by atoms with Gasteiger partial charge in [0.2, 0.25) is 0 Å². The second-order valence-corrected chi connectivity index (χ2v) is 6.62. The Kier molecular flexibility index (Phi) is 4.05. The van der Waals surface area contributed by atoms with Crippen molar-refractivity contribution in [2.75, 3.05) is 12.3 Å². The molecule has 2 nitrogen and oxygen atoms in total. The molecule has 94 valence electrons. The van der Waals surface area contributed by atoms with Gasteiger partial charge in [-0.3, -0.25) is 4.98 Å². The van der Waals surface area contributed by atoms with Gasteiger partial charge in [-0.15, -0.1) is 0 Å². The lowest BCUT2D eigenvalue weighted by atomic mass is 10.0. The number of nitrogens with zero attached hydrogens (tertiary/aromatic N) is 1. The summed E-state index contributed by atoms with van der Waals surface area (Å²) >= 11 is 2.03. The van der Waals surface area contributed by atoms with Crippen LogP contribution in [0.15, 0.2) is 18.5 Å². The number of nitrogens with one attached hydrogen (secondary N) is 1. The van der Waals surface area contributed by atoms with Gasteiger partial charge in [0.05, 0.1) is 6.20 Å². The molecule has 4 heteroatoms.